The molecule has 1 N–H and O–H groups in total. The lowest BCUT2D eigenvalue weighted by Crippen LogP contribution is -2.11. The zero-order valence-corrected chi connectivity index (χ0v) is 11.2. The van der Waals surface area contributed by atoms with E-state index in [-0.39, 0.29) is 5.91 Å². The number of carbonyl (C=O) groups excluding carboxylic acids is 1. The lowest BCUT2D eigenvalue weighted by Gasteiger charge is -1.99. The average molecular weight is 271 g/mol. The quantitative estimate of drug-likeness (QED) is 0.912. The van der Waals surface area contributed by atoms with E-state index in [4.69, 9.17) is 11.6 Å². The fourth-order valence-electron chi connectivity index (χ4n) is 1.27. The van der Waals surface area contributed by atoms with Crippen molar-refractivity contribution in [3.8, 4) is 0 Å². The predicted molar refractivity (Wildman–Crippen MR) is 67.8 cm³/mol. The summed E-state index contributed by atoms with van der Waals surface area (Å²) in [6.45, 7) is 3.86. The Hall–Kier alpha value is -1.40. The zero-order chi connectivity index (χ0) is 12.6. The van der Waals surface area contributed by atoms with Crippen LogP contribution in [0.1, 0.15) is 20.9 Å². The normalized spacial score (nSPS) is 10.6. The third kappa shape index (κ3) is 2.32. The standard InChI is InChI=1S/C10H11ClN4OS/c1-5-6(2)17-10(13-5)14-9(16)7-4-12-15(3)8(7)11/h4H,1-3H3,(H,13,14,16). The van der Waals surface area contributed by atoms with Crippen LogP contribution in [0.15, 0.2) is 6.20 Å². The fraction of sp³-hybridized carbons (Fsp3) is 0.300. The van der Waals surface area contributed by atoms with Gasteiger partial charge in [-0.25, -0.2) is 4.98 Å². The van der Waals surface area contributed by atoms with Gasteiger partial charge in [-0.1, -0.05) is 11.6 Å². The summed E-state index contributed by atoms with van der Waals surface area (Å²) in [6.07, 6.45) is 1.44. The first kappa shape index (κ1) is 12.1. The van der Waals surface area contributed by atoms with Gasteiger partial charge in [0.2, 0.25) is 0 Å². The zero-order valence-electron chi connectivity index (χ0n) is 9.61. The molecule has 0 unspecified atom stereocenters. The number of rotatable bonds is 2. The molecule has 0 aliphatic carbocycles. The van der Waals surface area contributed by atoms with Crippen LogP contribution < -0.4 is 5.32 Å². The van der Waals surface area contributed by atoms with Gasteiger partial charge in [-0.2, -0.15) is 5.10 Å². The number of carbonyl (C=O) groups is 1. The van der Waals surface area contributed by atoms with Gasteiger partial charge >= 0.3 is 0 Å². The molecule has 2 aromatic rings. The molecular formula is C10H11ClN4OS. The summed E-state index contributed by atoms with van der Waals surface area (Å²) < 4.78 is 1.44. The molecule has 0 spiro atoms. The monoisotopic (exact) mass is 270 g/mol. The number of aromatic nitrogens is 3. The van der Waals surface area contributed by atoms with Crippen LogP contribution in [0.2, 0.25) is 5.15 Å². The highest BCUT2D eigenvalue weighted by Crippen LogP contribution is 2.22. The van der Waals surface area contributed by atoms with Gasteiger partial charge in [0.25, 0.3) is 5.91 Å². The molecule has 0 fully saturated rings. The Balaban J connectivity index is 2.20. The molecule has 0 aliphatic heterocycles. The second-order valence-electron chi connectivity index (χ2n) is 3.59. The van der Waals surface area contributed by atoms with Crippen molar-refractivity contribution in [1.29, 1.82) is 0 Å². The van der Waals surface area contributed by atoms with Crippen molar-refractivity contribution in [2.24, 2.45) is 7.05 Å². The highest BCUT2D eigenvalue weighted by molar-refractivity contribution is 7.15. The Labute approximate surface area is 107 Å². The molecule has 0 saturated carbocycles. The van der Waals surface area contributed by atoms with E-state index in [1.807, 2.05) is 13.8 Å². The number of nitrogens with one attached hydrogen (secondary N) is 1. The third-order valence-electron chi connectivity index (χ3n) is 2.36. The van der Waals surface area contributed by atoms with Crippen LogP contribution >= 0.6 is 22.9 Å². The van der Waals surface area contributed by atoms with Gasteiger partial charge in [0, 0.05) is 11.9 Å². The Bertz CT molecular complexity index is 555. The van der Waals surface area contributed by atoms with E-state index in [9.17, 15) is 4.79 Å². The van der Waals surface area contributed by atoms with Crippen molar-refractivity contribution in [3.05, 3.63) is 27.5 Å². The first-order chi connectivity index (χ1) is 7.99. The highest BCUT2D eigenvalue weighted by Gasteiger charge is 2.16. The molecule has 2 aromatic heterocycles. The smallest absolute Gasteiger partial charge is 0.262 e. The van der Waals surface area contributed by atoms with Crippen molar-refractivity contribution < 1.29 is 4.79 Å². The summed E-state index contributed by atoms with van der Waals surface area (Å²) in [5.74, 6) is -0.295. The van der Waals surface area contributed by atoms with Crippen LogP contribution in [-0.2, 0) is 7.05 Å². The molecule has 17 heavy (non-hydrogen) atoms. The lowest BCUT2D eigenvalue weighted by atomic mass is 10.3. The van der Waals surface area contributed by atoms with Gasteiger partial charge in [0.15, 0.2) is 5.13 Å². The SMILES string of the molecule is Cc1nc(NC(=O)c2cnn(C)c2Cl)sc1C. The number of nitrogens with zero attached hydrogens (tertiary/aromatic N) is 3. The minimum atomic E-state index is -0.295. The van der Waals surface area contributed by atoms with Crippen LogP contribution in [0.3, 0.4) is 0 Å². The molecule has 0 saturated heterocycles. The lowest BCUT2D eigenvalue weighted by molar-refractivity contribution is 0.102. The summed E-state index contributed by atoms with van der Waals surface area (Å²) in [6, 6.07) is 0. The number of halogens is 1. The molecule has 90 valence electrons. The Morgan fingerprint density at radius 1 is 1.53 bits per heavy atom. The van der Waals surface area contributed by atoms with E-state index >= 15 is 0 Å². The van der Waals surface area contributed by atoms with Crippen molar-refractivity contribution in [3.63, 3.8) is 0 Å². The molecule has 5 nitrogen and oxygen atoms in total. The van der Waals surface area contributed by atoms with Crippen molar-refractivity contribution in [2.75, 3.05) is 5.32 Å². The van der Waals surface area contributed by atoms with Crippen LogP contribution in [0, 0.1) is 13.8 Å². The first-order valence-corrected chi connectivity index (χ1v) is 6.11. The van der Waals surface area contributed by atoms with Crippen molar-refractivity contribution in [2.45, 2.75) is 13.8 Å². The fourth-order valence-corrected chi connectivity index (χ4v) is 2.25. The number of anilines is 1. The molecule has 2 rings (SSSR count). The largest absolute Gasteiger partial charge is 0.298 e. The van der Waals surface area contributed by atoms with Gasteiger partial charge in [0.1, 0.15) is 5.15 Å². The molecule has 0 bridgehead atoms. The van der Waals surface area contributed by atoms with Crippen molar-refractivity contribution in [1.82, 2.24) is 14.8 Å². The summed E-state index contributed by atoms with van der Waals surface area (Å²) in [5.41, 5.74) is 1.27. The molecule has 1 amide bonds. The number of hydrogen-bond donors (Lipinski definition) is 1. The molecule has 2 heterocycles. The third-order valence-corrected chi connectivity index (χ3v) is 3.80. The number of thiazole rings is 1. The van der Waals surface area contributed by atoms with E-state index in [1.165, 1.54) is 22.2 Å². The van der Waals surface area contributed by atoms with Crippen LogP contribution in [-0.4, -0.2) is 20.7 Å². The maximum absolute atomic E-state index is 11.9. The van der Waals surface area contributed by atoms with E-state index in [0.717, 1.165) is 10.6 Å². The van der Waals surface area contributed by atoms with Crippen LogP contribution in [0.25, 0.3) is 0 Å². The van der Waals surface area contributed by atoms with Crippen molar-refractivity contribution >= 4 is 34.0 Å². The maximum atomic E-state index is 11.9. The Kier molecular flexibility index (Phi) is 3.17. The second-order valence-corrected chi connectivity index (χ2v) is 5.15. The number of amides is 1. The van der Waals surface area contributed by atoms with E-state index in [0.29, 0.717) is 15.8 Å². The predicted octanol–water partition coefficient (Wildman–Crippen LogP) is 2.40. The molecule has 0 atom stereocenters. The van der Waals surface area contributed by atoms with Crippen LogP contribution in [0.4, 0.5) is 5.13 Å². The van der Waals surface area contributed by atoms with E-state index < -0.39 is 0 Å². The summed E-state index contributed by atoms with van der Waals surface area (Å²) >= 11 is 7.37. The average Bonchev–Trinajstić information content (AvgIpc) is 2.73. The molecule has 0 aromatic carbocycles. The van der Waals surface area contributed by atoms with E-state index in [2.05, 4.69) is 15.4 Å². The molecule has 0 aliphatic rings. The number of aryl methyl sites for hydroxylation is 3. The van der Waals surface area contributed by atoms with Gasteiger partial charge < -0.3 is 0 Å². The summed E-state index contributed by atoms with van der Waals surface area (Å²) in [4.78, 5) is 17.2. The van der Waals surface area contributed by atoms with Gasteiger partial charge in [-0.05, 0) is 13.8 Å². The molecule has 7 heteroatoms. The van der Waals surface area contributed by atoms with Gasteiger partial charge in [-0.3, -0.25) is 14.8 Å². The minimum absolute atomic E-state index is 0.295. The molecular weight excluding hydrogens is 260 g/mol. The van der Waals surface area contributed by atoms with Gasteiger partial charge in [-0.15, -0.1) is 11.3 Å². The van der Waals surface area contributed by atoms with E-state index in [1.54, 1.807) is 7.05 Å². The Morgan fingerprint density at radius 3 is 2.71 bits per heavy atom. The first-order valence-electron chi connectivity index (χ1n) is 4.92. The Morgan fingerprint density at radius 2 is 2.24 bits per heavy atom. The number of hydrogen-bond acceptors (Lipinski definition) is 4. The molecule has 0 radical (unpaired) electrons. The topological polar surface area (TPSA) is 59.8 Å². The summed E-state index contributed by atoms with van der Waals surface area (Å²) in [7, 11) is 1.68. The summed E-state index contributed by atoms with van der Waals surface area (Å²) in [5, 5.41) is 7.50. The maximum Gasteiger partial charge on any atom is 0.262 e. The second kappa shape index (κ2) is 4.46. The van der Waals surface area contributed by atoms with Gasteiger partial charge in [0.05, 0.1) is 17.5 Å². The van der Waals surface area contributed by atoms with Crippen LogP contribution in [0.5, 0.6) is 0 Å². The minimum Gasteiger partial charge on any atom is -0.298 e. The highest BCUT2D eigenvalue weighted by atomic mass is 35.5.